The quantitative estimate of drug-likeness (QED) is 0.542. The fourth-order valence-electron chi connectivity index (χ4n) is 3.64. The fourth-order valence-corrected chi connectivity index (χ4v) is 3.64. The molecule has 146 valence electrons. The first-order valence-electron chi connectivity index (χ1n) is 9.38. The van der Waals surface area contributed by atoms with Gasteiger partial charge >= 0.3 is 0 Å². The third kappa shape index (κ3) is 5.66. The smallest absolute Gasteiger partial charge is 0.191 e. The average molecular weight is 367 g/mol. The van der Waals surface area contributed by atoms with E-state index in [1.807, 2.05) is 6.92 Å². The summed E-state index contributed by atoms with van der Waals surface area (Å²) in [4.78, 5) is 4.29. The van der Waals surface area contributed by atoms with Gasteiger partial charge in [-0.15, -0.1) is 0 Å². The highest BCUT2D eigenvalue weighted by atomic mass is 19.2. The van der Waals surface area contributed by atoms with Crippen LogP contribution < -0.4 is 10.6 Å². The second-order valence-corrected chi connectivity index (χ2v) is 7.33. The third-order valence-corrected chi connectivity index (χ3v) is 5.44. The molecule has 4 nitrogen and oxygen atoms in total. The van der Waals surface area contributed by atoms with Crippen molar-refractivity contribution in [2.75, 3.05) is 33.9 Å². The van der Waals surface area contributed by atoms with Crippen molar-refractivity contribution in [1.82, 2.24) is 10.6 Å². The molecule has 0 aliphatic heterocycles. The number of ether oxygens (including phenoxy) is 1. The first kappa shape index (κ1) is 20.6. The Labute approximate surface area is 155 Å². The summed E-state index contributed by atoms with van der Waals surface area (Å²) in [5, 5.41) is 6.73. The molecule has 1 aliphatic rings. The van der Waals surface area contributed by atoms with E-state index < -0.39 is 11.6 Å². The maximum absolute atomic E-state index is 13.4. The molecular weight excluding hydrogens is 336 g/mol. The van der Waals surface area contributed by atoms with Crippen LogP contribution in [0.25, 0.3) is 0 Å². The SMILES string of the molecule is CN=C(NCC(C)c1ccc(F)c(F)c1)NCC1(CCOC)CCCC1. The molecule has 1 unspecified atom stereocenters. The van der Waals surface area contributed by atoms with Gasteiger partial charge in [-0.05, 0) is 48.3 Å². The number of benzene rings is 1. The number of aliphatic imine (C=N–C) groups is 1. The lowest BCUT2D eigenvalue weighted by molar-refractivity contribution is 0.138. The van der Waals surface area contributed by atoms with Crippen molar-refractivity contribution in [1.29, 1.82) is 0 Å². The number of nitrogens with one attached hydrogen (secondary N) is 2. The van der Waals surface area contributed by atoms with Crippen molar-refractivity contribution in [2.45, 2.75) is 44.9 Å². The monoisotopic (exact) mass is 367 g/mol. The largest absolute Gasteiger partial charge is 0.385 e. The van der Waals surface area contributed by atoms with Crippen LogP contribution in [0.3, 0.4) is 0 Å². The highest BCUT2D eigenvalue weighted by Crippen LogP contribution is 2.40. The number of guanidine groups is 1. The van der Waals surface area contributed by atoms with Crippen LogP contribution in [-0.2, 0) is 4.74 Å². The minimum absolute atomic E-state index is 0.0394. The minimum atomic E-state index is -0.815. The van der Waals surface area contributed by atoms with E-state index in [0.717, 1.165) is 31.1 Å². The van der Waals surface area contributed by atoms with E-state index in [0.29, 0.717) is 6.54 Å². The number of nitrogens with zero attached hydrogens (tertiary/aromatic N) is 1. The Hall–Kier alpha value is -1.69. The van der Waals surface area contributed by atoms with Crippen LogP contribution in [0.15, 0.2) is 23.2 Å². The molecule has 0 radical (unpaired) electrons. The molecule has 1 aromatic rings. The molecule has 0 spiro atoms. The van der Waals surface area contributed by atoms with Gasteiger partial charge < -0.3 is 15.4 Å². The standard InChI is InChI=1S/C20H31F2N3O/c1-15(16-6-7-17(21)18(22)12-16)13-24-19(23-2)25-14-20(10-11-26-3)8-4-5-9-20/h6-7,12,15H,4-5,8-11,13-14H2,1-3H3,(H2,23,24,25). The van der Waals surface area contributed by atoms with Crippen LogP contribution in [0.4, 0.5) is 8.78 Å². The van der Waals surface area contributed by atoms with E-state index in [2.05, 4.69) is 15.6 Å². The van der Waals surface area contributed by atoms with Gasteiger partial charge in [0.25, 0.3) is 0 Å². The zero-order valence-electron chi connectivity index (χ0n) is 16.1. The van der Waals surface area contributed by atoms with Crippen LogP contribution in [-0.4, -0.2) is 39.8 Å². The summed E-state index contributed by atoms with van der Waals surface area (Å²) in [6.45, 7) is 4.22. The van der Waals surface area contributed by atoms with Gasteiger partial charge in [0.05, 0.1) is 0 Å². The number of hydrogen-bond acceptors (Lipinski definition) is 2. The van der Waals surface area contributed by atoms with E-state index in [1.54, 1.807) is 20.2 Å². The molecule has 0 saturated heterocycles. The van der Waals surface area contributed by atoms with Crippen LogP contribution in [0.1, 0.15) is 50.5 Å². The number of methoxy groups -OCH3 is 1. The molecular formula is C20H31F2N3O. The van der Waals surface area contributed by atoms with Gasteiger partial charge in [0.1, 0.15) is 0 Å². The van der Waals surface area contributed by atoms with E-state index >= 15 is 0 Å². The summed E-state index contributed by atoms with van der Waals surface area (Å²) in [6, 6.07) is 4.06. The van der Waals surface area contributed by atoms with Gasteiger partial charge in [-0.2, -0.15) is 0 Å². The molecule has 0 heterocycles. The van der Waals surface area contributed by atoms with Crippen molar-refractivity contribution in [3.05, 3.63) is 35.4 Å². The van der Waals surface area contributed by atoms with Gasteiger partial charge in [-0.25, -0.2) is 8.78 Å². The molecule has 0 aromatic heterocycles. The van der Waals surface area contributed by atoms with Crippen molar-refractivity contribution in [3.63, 3.8) is 0 Å². The molecule has 0 bridgehead atoms. The van der Waals surface area contributed by atoms with Crippen molar-refractivity contribution in [3.8, 4) is 0 Å². The van der Waals surface area contributed by atoms with Crippen LogP contribution in [0.2, 0.25) is 0 Å². The fraction of sp³-hybridized carbons (Fsp3) is 0.650. The lowest BCUT2D eigenvalue weighted by atomic mass is 9.83. The lowest BCUT2D eigenvalue weighted by Crippen LogP contribution is -2.44. The number of halogens is 2. The average Bonchev–Trinajstić information content (AvgIpc) is 3.11. The Balaban J connectivity index is 1.85. The van der Waals surface area contributed by atoms with E-state index in [-0.39, 0.29) is 11.3 Å². The molecule has 1 aliphatic carbocycles. The molecule has 0 amide bonds. The van der Waals surface area contributed by atoms with Crippen LogP contribution in [0, 0.1) is 17.0 Å². The summed E-state index contributed by atoms with van der Waals surface area (Å²) < 4.78 is 31.8. The summed E-state index contributed by atoms with van der Waals surface area (Å²) in [7, 11) is 3.49. The summed E-state index contributed by atoms with van der Waals surface area (Å²) in [6.07, 6.45) is 6.02. The first-order chi connectivity index (χ1) is 12.5. The van der Waals surface area contributed by atoms with Crippen LogP contribution >= 0.6 is 0 Å². The van der Waals surface area contributed by atoms with Crippen LogP contribution in [0.5, 0.6) is 0 Å². The second-order valence-electron chi connectivity index (χ2n) is 7.33. The summed E-state index contributed by atoms with van der Waals surface area (Å²) in [5.41, 5.74) is 1.04. The Kier molecular flexibility index (Phi) is 7.82. The van der Waals surface area contributed by atoms with Gasteiger partial charge in [0.15, 0.2) is 17.6 Å². The molecule has 1 fully saturated rings. The predicted octanol–water partition coefficient (Wildman–Crippen LogP) is 3.83. The summed E-state index contributed by atoms with van der Waals surface area (Å²) >= 11 is 0. The maximum atomic E-state index is 13.4. The highest BCUT2D eigenvalue weighted by Gasteiger charge is 2.33. The van der Waals surface area contributed by atoms with E-state index in [1.165, 1.54) is 37.8 Å². The Morgan fingerprint density at radius 1 is 1.23 bits per heavy atom. The lowest BCUT2D eigenvalue weighted by Gasteiger charge is -2.30. The van der Waals surface area contributed by atoms with Crippen molar-refractivity contribution >= 4 is 5.96 Å². The molecule has 1 aromatic carbocycles. The topological polar surface area (TPSA) is 45.7 Å². The maximum Gasteiger partial charge on any atom is 0.191 e. The molecule has 1 saturated carbocycles. The molecule has 6 heteroatoms. The minimum Gasteiger partial charge on any atom is -0.385 e. The van der Waals surface area contributed by atoms with Gasteiger partial charge in [0, 0.05) is 33.9 Å². The Morgan fingerprint density at radius 2 is 1.96 bits per heavy atom. The van der Waals surface area contributed by atoms with Gasteiger partial charge in [0.2, 0.25) is 0 Å². The molecule has 2 N–H and O–H groups in total. The van der Waals surface area contributed by atoms with Crippen molar-refractivity contribution < 1.29 is 13.5 Å². The third-order valence-electron chi connectivity index (χ3n) is 5.44. The van der Waals surface area contributed by atoms with Gasteiger partial charge in [-0.3, -0.25) is 4.99 Å². The van der Waals surface area contributed by atoms with Crippen molar-refractivity contribution in [2.24, 2.45) is 10.4 Å². The van der Waals surface area contributed by atoms with E-state index in [9.17, 15) is 8.78 Å². The second kappa shape index (κ2) is 9.86. The zero-order chi connectivity index (χ0) is 19.0. The van der Waals surface area contributed by atoms with Gasteiger partial charge in [-0.1, -0.05) is 25.8 Å². The Bertz CT molecular complexity index is 601. The zero-order valence-corrected chi connectivity index (χ0v) is 16.1. The number of hydrogen-bond donors (Lipinski definition) is 2. The molecule has 2 rings (SSSR count). The van der Waals surface area contributed by atoms with E-state index in [4.69, 9.17) is 4.74 Å². The highest BCUT2D eigenvalue weighted by molar-refractivity contribution is 5.79. The number of rotatable bonds is 8. The predicted molar refractivity (Wildman–Crippen MR) is 102 cm³/mol. The summed E-state index contributed by atoms with van der Waals surface area (Å²) in [5.74, 6) is -0.844. The first-order valence-corrected chi connectivity index (χ1v) is 9.38. The molecule has 26 heavy (non-hydrogen) atoms. The molecule has 1 atom stereocenters. The normalized spacial score (nSPS) is 18.0. The Morgan fingerprint density at radius 3 is 2.58 bits per heavy atom.